The van der Waals surface area contributed by atoms with Gasteiger partial charge in [0.15, 0.2) is 0 Å². The van der Waals surface area contributed by atoms with Crippen molar-refractivity contribution in [3.63, 3.8) is 0 Å². The molecule has 0 bridgehead atoms. The minimum atomic E-state index is -1.09. The summed E-state index contributed by atoms with van der Waals surface area (Å²) < 4.78 is 0. The van der Waals surface area contributed by atoms with Crippen LogP contribution in [0.3, 0.4) is 0 Å². The summed E-state index contributed by atoms with van der Waals surface area (Å²) in [6.07, 6.45) is 0. The molecule has 4 rings (SSSR count). The number of hydrogen-bond acceptors (Lipinski definition) is 4. The molecule has 2 heterocycles. The highest BCUT2D eigenvalue weighted by molar-refractivity contribution is 7.09. The summed E-state index contributed by atoms with van der Waals surface area (Å²) in [6.45, 7) is 6.12. The van der Waals surface area contributed by atoms with E-state index in [4.69, 9.17) is 0 Å². The van der Waals surface area contributed by atoms with Crippen molar-refractivity contribution in [3.05, 3.63) is 64.1 Å². The fourth-order valence-electron chi connectivity index (χ4n) is 3.51. The second-order valence-electron chi connectivity index (χ2n) is 7.30. The molecule has 1 N–H and O–H groups in total. The zero-order valence-electron chi connectivity index (χ0n) is 15.5. The van der Waals surface area contributed by atoms with E-state index in [1.807, 2.05) is 47.8 Å². The molecule has 2 aromatic carbocycles. The minimum Gasteiger partial charge on any atom is -0.319 e. The van der Waals surface area contributed by atoms with E-state index in [0.717, 1.165) is 27.0 Å². The molecule has 3 amide bonds. The normalized spacial score (nSPS) is 19.9. The Kier molecular flexibility index (Phi) is 4.23. The van der Waals surface area contributed by atoms with E-state index in [1.165, 1.54) is 4.90 Å². The number of nitrogens with zero attached hydrogens (tertiary/aromatic N) is 2. The number of carbonyl (C=O) groups is 2. The van der Waals surface area contributed by atoms with Crippen molar-refractivity contribution in [3.8, 4) is 0 Å². The number of hydrogen-bond donors (Lipinski definition) is 1. The third-order valence-corrected chi connectivity index (χ3v) is 6.18. The van der Waals surface area contributed by atoms with Gasteiger partial charge in [-0.3, -0.25) is 9.69 Å². The minimum absolute atomic E-state index is 0.189. The Hall–Kier alpha value is -2.73. The molecule has 3 aromatic rings. The lowest BCUT2D eigenvalue weighted by Crippen LogP contribution is -2.41. The zero-order chi connectivity index (χ0) is 19.2. The average Bonchev–Trinajstić information content (AvgIpc) is 3.21. The van der Waals surface area contributed by atoms with Crippen LogP contribution in [0.2, 0.25) is 0 Å². The van der Waals surface area contributed by atoms with Crippen molar-refractivity contribution < 1.29 is 9.59 Å². The average molecular weight is 379 g/mol. The predicted octanol–water partition coefficient (Wildman–Crippen LogP) is 4.39. The largest absolute Gasteiger partial charge is 0.325 e. The molecule has 0 saturated carbocycles. The summed E-state index contributed by atoms with van der Waals surface area (Å²) in [5.74, 6) is 0.0794. The van der Waals surface area contributed by atoms with Crippen LogP contribution in [-0.2, 0) is 16.9 Å². The van der Waals surface area contributed by atoms with Crippen LogP contribution < -0.4 is 5.32 Å². The third-order valence-electron chi connectivity index (χ3n) is 4.99. The first-order valence-corrected chi connectivity index (χ1v) is 9.85. The summed E-state index contributed by atoms with van der Waals surface area (Å²) in [7, 11) is 0. The molecule has 27 heavy (non-hydrogen) atoms. The number of amides is 3. The van der Waals surface area contributed by atoms with Crippen molar-refractivity contribution >= 4 is 34.0 Å². The van der Waals surface area contributed by atoms with Gasteiger partial charge in [-0.05, 0) is 23.3 Å². The summed E-state index contributed by atoms with van der Waals surface area (Å²) >= 11 is 1.56. The Morgan fingerprint density at radius 3 is 2.63 bits per heavy atom. The predicted molar refractivity (Wildman–Crippen MR) is 107 cm³/mol. The van der Waals surface area contributed by atoms with Crippen molar-refractivity contribution in [1.29, 1.82) is 0 Å². The van der Waals surface area contributed by atoms with Crippen molar-refractivity contribution in [2.45, 2.75) is 38.8 Å². The maximum absolute atomic E-state index is 13.2. The van der Waals surface area contributed by atoms with Gasteiger partial charge in [-0.15, -0.1) is 11.3 Å². The highest BCUT2D eigenvalue weighted by Gasteiger charge is 2.49. The Bertz CT molecular complexity index is 1040. The van der Waals surface area contributed by atoms with Gasteiger partial charge < -0.3 is 5.32 Å². The quantitative estimate of drug-likeness (QED) is 0.684. The van der Waals surface area contributed by atoms with E-state index in [2.05, 4.69) is 24.1 Å². The van der Waals surface area contributed by atoms with Crippen LogP contribution in [0.25, 0.3) is 10.8 Å². The number of benzene rings is 2. The van der Waals surface area contributed by atoms with Gasteiger partial charge in [-0.25, -0.2) is 9.78 Å². The van der Waals surface area contributed by atoms with E-state index in [-0.39, 0.29) is 18.5 Å². The van der Waals surface area contributed by atoms with E-state index in [0.29, 0.717) is 5.92 Å². The summed E-state index contributed by atoms with van der Waals surface area (Å²) in [5.41, 5.74) is 0.464. The molecule has 1 aliphatic rings. The molecule has 5 nitrogen and oxygen atoms in total. The molecule has 0 unspecified atom stereocenters. The molecule has 0 aliphatic carbocycles. The smallest absolute Gasteiger partial charge is 0.319 e. The van der Waals surface area contributed by atoms with E-state index in [1.54, 1.807) is 18.3 Å². The number of nitrogens with one attached hydrogen (secondary N) is 1. The third kappa shape index (κ3) is 2.90. The molecular weight excluding hydrogens is 358 g/mol. The summed E-state index contributed by atoms with van der Waals surface area (Å²) in [6, 6.07) is 13.3. The number of carbonyl (C=O) groups excluding carboxylic acids is 2. The number of imide groups is 1. The lowest BCUT2D eigenvalue weighted by molar-refractivity contribution is -0.131. The van der Waals surface area contributed by atoms with Gasteiger partial charge in [0.05, 0.1) is 17.2 Å². The molecule has 1 aromatic heterocycles. The van der Waals surface area contributed by atoms with Crippen LogP contribution in [0.5, 0.6) is 0 Å². The number of urea groups is 1. The van der Waals surface area contributed by atoms with Gasteiger partial charge in [0.1, 0.15) is 5.54 Å². The van der Waals surface area contributed by atoms with Crippen LogP contribution >= 0.6 is 11.3 Å². The summed E-state index contributed by atoms with van der Waals surface area (Å²) in [4.78, 5) is 31.7. The van der Waals surface area contributed by atoms with Gasteiger partial charge in [0.25, 0.3) is 5.91 Å². The zero-order valence-corrected chi connectivity index (χ0v) is 16.3. The molecule has 1 fully saturated rings. The topological polar surface area (TPSA) is 62.3 Å². The summed E-state index contributed by atoms with van der Waals surface area (Å²) in [5, 5.41) is 7.84. The maximum Gasteiger partial charge on any atom is 0.325 e. The number of rotatable bonds is 4. The molecule has 6 heteroatoms. The highest BCUT2D eigenvalue weighted by Crippen LogP contribution is 2.34. The lowest BCUT2D eigenvalue weighted by Gasteiger charge is -2.24. The molecule has 0 spiro atoms. The lowest BCUT2D eigenvalue weighted by atomic mass is 9.88. The van der Waals surface area contributed by atoms with Crippen molar-refractivity contribution in [2.24, 2.45) is 0 Å². The molecule has 1 aliphatic heterocycles. The van der Waals surface area contributed by atoms with Gasteiger partial charge >= 0.3 is 6.03 Å². The maximum atomic E-state index is 13.2. The first kappa shape index (κ1) is 17.7. The Labute approximate surface area is 162 Å². The molecule has 0 radical (unpaired) electrons. The van der Waals surface area contributed by atoms with Crippen LogP contribution in [0.15, 0.2) is 47.8 Å². The van der Waals surface area contributed by atoms with Crippen molar-refractivity contribution in [2.75, 3.05) is 0 Å². The molecule has 1 saturated heterocycles. The van der Waals surface area contributed by atoms with Crippen molar-refractivity contribution in [1.82, 2.24) is 15.2 Å². The van der Waals surface area contributed by atoms with Gasteiger partial charge in [0.2, 0.25) is 0 Å². The first-order chi connectivity index (χ1) is 12.9. The second kappa shape index (κ2) is 6.46. The second-order valence-corrected chi connectivity index (χ2v) is 8.19. The van der Waals surface area contributed by atoms with Crippen LogP contribution in [0.4, 0.5) is 4.79 Å². The Morgan fingerprint density at radius 2 is 1.89 bits per heavy atom. The SMILES string of the molecule is CC(C)c1nc(CN2C(=O)N[C@](C)(c3cccc4ccccc34)C2=O)cs1. The van der Waals surface area contributed by atoms with Crippen LogP contribution in [0.1, 0.15) is 43.0 Å². The van der Waals surface area contributed by atoms with Gasteiger partial charge in [0, 0.05) is 11.3 Å². The first-order valence-electron chi connectivity index (χ1n) is 8.97. The van der Waals surface area contributed by atoms with E-state index in [9.17, 15) is 9.59 Å². The Balaban J connectivity index is 1.68. The highest BCUT2D eigenvalue weighted by atomic mass is 32.1. The standard InChI is InChI=1S/C21H21N3O2S/c1-13(2)18-22-15(12-27-18)11-24-19(25)21(3,23-20(24)26)17-10-6-8-14-7-4-5-9-16(14)17/h4-10,12-13H,11H2,1-3H3,(H,23,26)/t21-/m1/s1. The number of fused-ring (bicyclic) bond motifs is 1. The van der Waals surface area contributed by atoms with Gasteiger partial charge in [-0.2, -0.15) is 0 Å². The monoisotopic (exact) mass is 379 g/mol. The van der Waals surface area contributed by atoms with Crippen LogP contribution in [0, 0.1) is 0 Å². The molecular formula is C21H21N3O2S. The number of thiazole rings is 1. The fraction of sp³-hybridized carbons (Fsp3) is 0.286. The molecule has 138 valence electrons. The Morgan fingerprint density at radius 1 is 1.15 bits per heavy atom. The van der Waals surface area contributed by atoms with Crippen LogP contribution in [-0.4, -0.2) is 21.8 Å². The fourth-order valence-corrected chi connectivity index (χ4v) is 4.33. The number of aromatic nitrogens is 1. The van der Waals surface area contributed by atoms with E-state index < -0.39 is 5.54 Å². The van der Waals surface area contributed by atoms with E-state index >= 15 is 0 Å². The molecule has 1 atom stereocenters. The van der Waals surface area contributed by atoms with Gasteiger partial charge in [-0.1, -0.05) is 56.3 Å².